The Bertz CT molecular complexity index is 659. The van der Waals surface area contributed by atoms with E-state index in [9.17, 15) is 9.90 Å². The summed E-state index contributed by atoms with van der Waals surface area (Å²) in [5, 5.41) is 13.0. The Morgan fingerprint density at radius 2 is 2.22 bits per heavy atom. The third-order valence-electron chi connectivity index (χ3n) is 3.86. The number of likely N-dealkylation sites (tertiary alicyclic amines) is 1. The van der Waals surface area contributed by atoms with Crippen molar-refractivity contribution in [2.45, 2.75) is 25.4 Å². The van der Waals surface area contributed by atoms with Crippen LogP contribution in [0, 0.1) is 0 Å². The van der Waals surface area contributed by atoms with Gasteiger partial charge < -0.3 is 14.7 Å². The molecule has 0 aliphatic carbocycles. The minimum Gasteiger partial charge on any atom is -0.492 e. The van der Waals surface area contributed by atoms with E-state index in [0.717, 1.165) is 38.9 Å². The van der Waals surface area contributed by atoms with Crippen LogP contribution in [0.15, 0.2) is 27.6 Å². The summed E-state index contributed by atoms with van der Waals surface area (Å²) in [7, 11) is 0. The molecule has 0 atom stereocenters. The summed E-state index contributed by atoms with van der Waals surface area (Å²) >= 11 is 0. The van der Waals surface area contributed by atoms with Crippen LogP contribution in [-0.2, 0) is 0 Å². The Labute approximate surface area is 133 Å². The Morgan fingerprint density at radius 1 is 1.39 bits per heavy atom. The van der Waals surface area contributed by atoms with Crippen LogP contribution in [0.25, 0.3) is 11.5 Å². The molecule has 1 saturated heterocycles. The largest absolute Gasteiger partial charge is 0.492 e. The van der Waals surface area contributed by atoms with Crippen molar-refractivity contribution in [2.24, 2.45) is 0 Å². The van der Waals surface area contributed by atoms with Crippen molar-refractivity contribution in [2.75, 3.05) is 26.2 Å². The molecular formula is C15H20N4O4. The lowest BCUT2D eigenvalue weighted by Crippen LogP contribution is -2.36. The first-order valence-corrected chi connectivity index (χ1v) is 7.76. The Morgan fingerprint density at radius 3 is 2.87 bits per heavy atom. The molecule has 2 aromatic rings. The first-order valence-electron chi connectivity index (χ1n) is 7.76. The maximum atomic E-state index is 10.9. The molecular weight excluding hydrogens is 300 g/mol. The minimum atomic E-state index is -0.604. The zero-order chi connectivity index (χ0) is 16.1. The lowest BCUT2D eigenvalue weighted by Gasteiger charge is -2.29. The van der Waals surface area contributed by atoms with Gasteiger partial charge in [0, 0.05) is 19.6 Å². The molecule has 1 aliphatic heterocycles. The molecule has 8 heteroatoms. The number of ether oxygens (including phenoxy) is 1. The fourth-order valence-corrected chi connectivity index (χ4v) is 2.57. The van der Waals surface area contributed by atoms with Crippen LogP contribution >= 0.6 is 0 Å². The number of aromatic nitrogens is 3. The maximum absolute atomic E-state index is 10.9. The zero-order valence-electron chi connectivity index (χ0n) is 12.8. The summed E-state index contributed by atoms with van der Waals surface area (Å²) in [5.74, 6) is 0.370. The fourth-order valence-electron chi connectivity index (χ4n) is 2.57. The van der Waals surface area contributed by atoms with Crippen molar-refractivity contribution in [3.63, 3.8) is 0 Å². The standard InChI is InChI=1S/C15H20N4O4/c20-11-4-7-19(8-5-11)6-1-9-22-12-2-3-13(16-10-12)14-17-15(21)23-18-14/h2-3,10-11,20H,1,4-9H2,(H,17,18,21). The first kappa shape index (κ1) is 15.7. The van der Waals surface area contributed by atoms with Gasteiger partial charge >= 0.3 is 5.76 Å². The lowest BCUT2D eigenvalue weighted by atomic mass is 10.1. The van der Waals surface area contributed by atoms with Gasteiger partial charge in [0.1, 0.15) is 11.4 Å². The molecule has 124 valence electrons. The van der Waals surface area contributed by atoms with Crippen molar-refractivity contribution in [3.05, 3.63) is 28.9 Å². The second-order valence-corrected chi connectivity index (χ2v) is 5.60. The molecule has 3 heterocycles. The molecule has 0 radical (unpaired) electrons. The predicted octanol–water partition coefficient (Wildman–Crippen LogP) is 0.650. The smallest absolute Gasteiger partial charge is 0.439 e. The number of rotatable bonds is 6. The van der Waals surface area contributed by atoms with E-state index in [1.54, 1.807) is 18.3 Å². The second-order valence-electron chi connectivity index (χ2n) is 5.60. The average Bonchev–Trinajstić information content (AvgIpc) is 3.00. The van der Waals surface area contributed by atoms with Crippen molar-refractivity contribution in [3.8, 4) is 17.3 Å². The third-order valence-corrected chi connectivity index (χ3v) is 3.86. The second kappa shape index (κ2) is 7.38. The summed E-state index contributed by atoms with van der Waals surface area (Å²) in [6.07, 6.45) is 4.10. The number of nitrogens with one attached hydrogen (secondary N) is 1. The van der Waals surface area contributed by atoms with Gasteiger partial charge in [0.25, 0.3) is 0 Å². The van der Waals surface area contributed by atoms with Crippen molar-refractivity contribution >= 4 is 0 Å². The monoisotopic (exact) mass is 320 g/mol. The van der Waals surface area contributed by atoms with E-state index in [-0.39, 0.29) is 6.10 Å². The number of pyridine rings is 1. The molecule has 0 amide bonds. The number of hydrogen-bond donors (Lipinski definition) is 2. The van der Waals surface area contributed by atoms with Crippen LogP contribution in [0.5, 0.6) is 5.75 Å². The highest BCUT2D eigenvalue weighted by molar-refractivity contribution is 5.48. The van der Waals surface area contributed by atoms with Crippen LogP contribution in [0.2, 0.25) is 0 Å². The third kappa shape index (κ3) is 4.40. The molecule has 0 spiro atoms. The highest BCUT2D eigenvalue weighted by Crippen LogP contribution is 2.15. The molecule has 8 nitrogen and oxygen atoms in total. The minimum absolute atomic E-state index is 0.133. The van der Waals surface area contributed by atoms with Gasteiger partial charge in [-0.15, -0.1) is 0 Å². The molecule has 0 saturated carbocycles. The van der Waals surface area contributed by atoms with E-state index in [4.69, 9.17) is 4.74 Å². The van der Waals surface area contributed by atoms with Crippen LogP contribution < -0.4 is 10.5 Å². The Kier molecular flexibility index (Phi) is 5.04. The summed E-state index contributed by atoms with van der Waals surface area (Å²) in [6, 6.07) is 3.50. The highest BCUT2D eigenvalue weighted by Gasteiger charge is 2.16. The predicted molar refractivity (Wildman–Crippen MR) is 82.1 cm³/mol. The highest BCUT2D eigenvalue weighted by atomic mass is 16.5. The summed E-state index contributed by atoms with van der Waals surface area (Å²) < 4.78 is 10.1. The summed E-state index contributed by atoms with van der Waals surface area (Å²) in [6.45, 7) is 3.49. The van der Waals surface area contributed by atoms with Gasteiger partial charge in [0.05, 0.1) is 18.9 Å². The SMILES string of the molecule is O=c1[nH]c(-c2ccc(OCCCN3CCC(O)CC3)cn2)no1. The van der Waals surface area contributed by atoms with Gasteiger partial charge in [-0.2, -0.15) is 0 Å². The van der Waals surface area contributed by atoms with Gasteiger partial charge in [0.15, 0.2) is 0 Å². The first-order chi connectivity index (χ1) is 11.2. The van der Waals surface area contributed by atoms with Gasteiger partial charge in [-0.1, -0.05) is 5.16 Å². The van der Waals surface area contributed by atoms with Crippen LogP contribution in [0.3, 0.4) is 0 Å². The Hall–Kier alpha value is -2.19. The summed E-state index contributed by atoms with van der Waals surface area (Å²) in [4.78, 5) is 19.9. The number of piperidine rings is 1. The molecule has 23 heavy (non-hydrogen) atoms. The molecule has 1 aliphatic rings. The van der Waals surface area contributed by atoms with E-state index in [1.165, 1.54) is 0 Å². The normalized spacial score (nSPS) is 16.6. The quantitative estimate of drug-likeness (QED) is 0.753. The topological polar surface area (TPSA) is 104 Å². The number of aliphatic hydroxyl groups is 1. The van der Waals surface area contributed by atoms with E-state index < -0.39 is 5.76 Å². The zero-order valence-corrected chi connectivity index (χ0v) is 12.8. The molecule has 2 N–H and O–H groups in total. The molecule has 0 aromatic carbocycles. The van der Waals surface area contributed by atoms with Crippen LogP contribution in [0.1, 0.15) is 19.3 Å². The lowest BCUT2D eigenvalue weighted by molar-refractivity contribution is 0.0800. The molecule has 2 aromatic heterocycles. The van der Waals surface area contributed by atoms with Crippen molar-refractivity contribution in [1.82, 2.24) is 20.0 Å². The molecule has 3 rings (SSSR count). The van der Waals surface area contributed by atoms with E-state index >= 15 is 0 Å². The number of hydrogen-bond acceptors (Lipinski definition) is 7. The molecule has 1 fully saturated rings. The number of aliphatic hydroxyl groups excluding tert-OH is 1. The number of H-pyrrole nitrogens is 1. The average molecular weight is 320 g/mol. The van der Waals surface area contributed by atoms with E-state index in [1.807, 2.05) is 0 Å². The van der Waals surface area contributed by atoms with Crippen LogP contribution in [-0.4, -0.2) is 57.5 Å². The van der Waals surface area contributed by atoms with Gasteiger partial charge in [0.2, 0.25) is 5.82 Å². The van der Waals surface area contributed by atoms with Crippen molar-refractivity contribution < 1.29 is 14.4 Å². The number of nitrogens with zero attached hydrogens (tertiary/aromatic N) is 3. The van der Waals surface area contributed by atoms with Crippen molar-refractivity contribution in [1.29, 1.82) is 0 Å². The fraction of sp³-hybridized carbons (Fsp3) is 0.533. The molecule has 0 bridgehead atoms. The Balaban J connectivity index is 1.41. The van der Waals surface area contributed by atoms with Gasteiger partial charge in [-0.3, -0.25) is 9.51 Å². The maximum Gasteiger partial charge on any atom is 0.439 e. The van der Waals surface area contributed by atoms with Gasteiger partial charge in [-0.05, 0) is 31.4 Å². The van der Waals surface area contributed by atoms with Gasteiger partial charge in [-0.25, -0.2) is 9.78 Å². The molecule has 0 unspecified atom stereocenters. The van der Waals surface area contributed by atoms with E-state index in [2.05, 4.69) is 24.5 Å². The number of aromatic amines is 1. The van der Waals surface area contributed by atoms with E-state index in [0.29, 0.717) is 23.9 Å². The van der Waals surface area contributed by atoms with Crippen LogP contribution in [0.4, 0.5) is 0 Å². The summed E-state index contributed by atoms with van der Waals surface area (Å²) in [5.41, 5.74) is 0.523.